The lowest BCUT2D eigenvalue weighted by molar-refractivity contribution is -0.143. The number of rotatable bonds is 5. The quantitative estimate of drug-likeness (QED) is 0.335. The highest BCUT2D eigenvalue weighted by molar-refractivity contribution is 5.78. The van der Waals surface area contributed by atoms with Gasteiger partial charge in [0.2, 0.25) is 5.91 Å². The fourth-order valence-corrected chi connectivity index (χ4v) is 4.89. The Morgan fingerprint density at radius 3 is 1.85 bits per heavy atom. The van der Waals surface area contributed by atoms with Crippen LogP contribution in [0.25, 0.3) is 0 Å². The number of alkyl halides is 6. The summed E-state index contributed by atoms with van der Waals surface area (Å²) in [4.78, 5) is 28.8. The Hall–Kier alpha value is -3.31. The zero-order valence-electron chi connectivity index (χ0n) is 23.4. The van der Waals surface area contributed by atoms with E-state index in [1.165, 1.54) is 43.1 Å². The molecule has 5 nitrogen and oxygen atoms in total. The maximum absolute atomic E-state index is 13.7. The molecule has 2 aromatic rings. The Labute approximate surface area is 234 Å². The van der Waals surface area contributed by atoms with E-state index in [-0.39, 0.29) is 31.1 Å². The minimum atomic E-state index is -5.02. The van der Waals surface area contributed by atoms with Crippen molar-refractivity contribution >= 4 is 12.0 Å². The number of ether oxygens (including phenoxy) is 1. The lowest BCUT2D eigenvalue weighted by Gasteiger charge is -2.43. The van der Waals surface area contributed by atoms with Crippen LogP contribution in [0.15, 0.2) is 42.5 Å². The highest BCUT2D eigenvalue weighted by Gasteiger charge is 2.42. The molecule has 41 heavy (non-hydrogen) atoms. The third kappa shape index (κ3) is 7.91. The number of hydrogen-bond donors (Lipinski definition) is 0. The van der Waals surface area contributed by atoms with E-state index < -0.39 is 58.4 Å². The summed E-state index contributed by atoms with van der Waals surface area (Å²) in [6, 6.07) is 5.70. The summed E-state index contributed by atoms with van der Waals surface area (Å²) in [5.41, 5.74) is -4.19. The smallest absolute Gasteiger partial charge is 0.416 e. The molecule has 3 rings (SSSR count). The summed E-state index contributed by atoms with van der Waals surface area (Å²) in [5.74, 6) is -1.02. The maximum Gasteiger partial charge on any atom is 0.416 e. The topological polar surface area (TPSA) is 49.9 Å². The number of piperidine rings is 1. The Balaban J connectivity index is 1.89. The zero-order chi connectivity index (χ0) is 31.0. The average molecular weight is 591 g/mol. The van der Waals surface area contributed by atoms with Crippen molar-refractivity contribution in [1.82, 2.24) is 9.80 Å². The van der Waals surface area contributed by atoms with Gasteiger partial charge in [0.05, 0.1) is 17.2 Å². The van der Waals surface area contributed by atoms with Crippen LogP contribution in [0.5, 0.6) is 0 Å². The van der Waals surface area contributed by atoms with E-state index >= 15 is 0 Å². The standard InChI is InChI=1S/C29H33F7N2O3/c1-18(19-14-21(28(31,32)33)16-22(15-19)29(34,35)36)37(5)24(39)17-27(20-6-8-23(30)9-7-20)10-12-38(13-11-27)25(40)41-26(2,3)4/h6-9,14-16,18H,10-13,17H2,1-5H3/t18-/m0/s1. The second-order valence-corrected chi connectivity index (χ2v) is 11.5. The summed E-state index contributed by atoms with van der Waals surface area (Å²) in [5, 5.41) is 0. The number of likely N-dealkylation sites (tertiary alicyclic amines) is 1. The van der Waals surface area contributed by atoms with Crippen molar-refractivity contribution in [2.75, 3.05) is 20.1 Å². The molecule has 1 heterocycles. The number of carbonyl (C=O) groups excluding carboxylic acids is 2. The van der Waals surface area contributed by atoms with Crippen LogP contribution in [0.1, 0.15) is 75.3 Å². The molecule has 226 valence electrons. The first-order valence-electron chi connectivity index (χ1n) is 13.0. The van der Waals surface area contributed by atoms with Crippen molar-refractivity contribution in [3.05, 3.63) is 70.5 Å². The molecule has 0 bridgehead atoms. The van der Waals surface area contributed by atoms with Gasteiger partial charge in [-0.05, 0) is 82.0 Å². The lowest BCUT2D eigenvalue weighted by atomic mass is 9.70. The van der Waals surface area contributed by atoms with Gasteiger partial charge in [-0.2, -0.15) is 26.3 Å². The van der Waals surface area contributed by atoms with Gasteiger partial charge in [-0.25, -0.2) is 9.18 Å². The molecule has 0 saturated carbocycles. The van der Waals surface area contributed by atoms with Crippen molar-refractivity contribution in [2.24, 2.45) is 0 Å². The van der Waals surface area contributed by atoms with E-state index in [0.717, 1.165) is 4.90 Å². The van der Waals surface area contributed by atoms with E-state index in [0.29, 0.717) is 30.5 Å². The minimum Gasteiger partial charge on any atom is -0.444 e. The van der Waals surface area contributed by atoms with Crippen molar-refractivity contribution in [3.63, 3.8) is 0 Å². The Morgan fingerprint density at radius 1 is 0.927 bits per heavy atom. The summed E-state index contributed by atoms with van der Waals surface area (Å²) in [6.07, 6.45) is -10.1. The summed E-state index contributed by atoms with van der Waals surface area (Å²) in [7, 11) is 1.31. The molecule has 0 unspecified atom stereocenters. The van der Waals surface area contributed by atoms with Gasteiger partial charge >= 0.3 is 18.4 Å². The number of hydrogen-bond acceptors (Lipinski definition) is 3. The van der Waals surface area contributed by atoms with Gasteiger partial charge in [0.15, 0.2) is 0 Å². The second-order valence-electron chi connectivity index (χ2n) is 11.5. The summed E-state index contributed by atoms with van der Waals surface area (Å²) in [6.45, 7) is 6.99. The number of halogens is 7. The molecule has 1 atom stereocenters. The van der Waals surface area contributed by atoms with Crippen LogP contribution in [0, 0.1) is 5.82 Å². The second kappa shape index (κ2) is 11.5. The average Bonchev–Trinajstić information content (AvgIpc) is 2.86. The molecule has 0 radical (unpaired) electrons. The molecule has 1 aliphatic rings. The maximum atomic E-state index is 13.7. The van der Waals surface area contributed by atoms with E-state index in [9.17, 15) is 40.3 Å². The highest BCUT2D eigenvalue weighted by Crippen LogP contribution is 2.41. The molecule has 2 aromatic carbocycles. The van der Waals surface area contributed by atoms with Crippen LogP contribution < -0.4 is 0 Å². The molecule has 0 spiro atoms. The predicted octanol–water partition coefficient (Wildman–Crippen LogP) is 7.74. The largest absolute Gasteiger partial charge is 0.444 e. The molecular formula is C29H33F7N2O3. The summed E-state index contributed by atoms with van der Waals surface area (Å²) >= 11 is 0. The Bertz CT molecular complexity index is 1210. The van der Waals surface area contributed by atoms with Gasteiger partial charge in [0.25, 0.3) is 0 Å². The highest BCUT2D eigenvalue weighted by atomic mass is 19.4. The van der Waals surface area contributed by atoms with Crippen LogP contribution in [0.2, 0.25) is 0 Å². The van der Waals surface area contributed by atoms with Crippen molar-refractivity contribution in [2.45, 2.75) is 76.4 Å². The van der Waals surface area contributed by atoms with Gasteiger partial charge in [-0.15, -0.1) is 0 Å². The minimum absolute atomic E-state index is 0.0417. The molecule has 1 aliphatic heterocycles. The molecule has 2 amide bonds. The van der Waals surface area contributed by atoms with Crippen LogP contribution in [0.4, 0.5) is 35.5 Å². The molecule has 0 aliphatic carbocycles. The molecule has 0 aromatic heterocycles. The van der Waals surface area contributed by atoms with Crippen molar-refractivity contribution in [1.29, 1.82) is 0 Å². The number of nitrogens with zero attached hydrogens (tertiary/aromatic N) is 2. The van der Waals surface area contributed by atoms with Gasteiger partial charge in [0.1, 0.15) is 11.4 Å². The Morgan fingerprint density at radius 2 is 1.41 bits per heavy atom. The third-order valence-corrected chi connectivity index (χ3v) is 7.39. The fourth-order valence-electron chi connectivity index (χ4n) is 4.89. The van der Waals surface area contributed by atoms with E-state index in [1.807, 2.05) is 0 Å². The van der Waals surface area contributed by atoms with Gasteiger partial charge in [-0.3, -0.25) is 4.79 Å². The monoisotopic (exact) mass is 590 g/mol. The number of carbonyl (C=O) groups is 2. The molecule has 1 fully saturated rings. The third-order valence-electron chi connectivity index (χ3n) is 7.39. The lowest BCUT2D eigenvalue weighted by Crippen LogP contribution is -2.48. The number of benzene rings is 2. The van der Waals surface area contributed by atoms with Crippen LogP contribution in [-0.4, -0.2) is 47.5 Å². The number of amides is 2. The molecular weight excluding hydrogens is 557 g/mol. The van der Waals surface area contributed by atoms with Crippen LogP contribution >= 0.6 is 0 Å². The van der Waals surface area contributed by atoms with Crippen molar-refractivity contribution in [3.8, 4) is 0 Å². The van der Waals surface area contributed by atoms with Crippen LogP contribution in [0.3, 0.4) is 0 Å². The normalized spacial score (nSPS) is 16.7. The fraction of sp³-hybridized carbons (Fsp3) is 0.517. The SMILES string of the molecule is C[C@@H](c1cc(C(F)(F)F)cc(C(F)(F)F)c1)N(C)C(=O)CC1(c2ccc(F)cc2)CCN(C(=O)OC(C)(C)C)CC1. The Kier molecular flexibility index (Phi) is 9.05. The van der Waals surface area contributed by atoms with Crippen LogP contribution in [-0.2, 0) is 27.3 Å². The summed E-state index contributed by atoms with van der Waals surface area (Å²) < 4.78 is 99.6. The van der Waals surface area contributed by atoms with E-state index in [1.54, 1.807) is 20.8 Å². The zero-order valence-corrected chi connectivity index (χ0v) is 23.4. The first-order chi connectivity index (χ1) is 18.7. The van der Waals surface area contributed by atoms with E-state index in [4.69, 9.17) is 4.74 Å². The molecule has 12 heteroatoms. The molecule has 0 N–H and O–H groups in total. The van der Waals surface area contributed by atoms with Gasteiger partial charge < -0.3 is 14.5 Å². The molecule has 1 saturated heterocycles. The van der Waals surface area contributed by atoms with Crippen molar-refractivity contribution < 1.29 is 45.1 Å². The van der Waals surface area contributed by atoms with Gasteiger partial charge in [-0.1, -0.05) is 12.1 Å². The first kappa shape index (κ1) is 32.2. The predicted molar refractivity (Wildman–Crippen MR) is 137 cm³/mol. The van der Waals surface area contributed by atoms with Gasteiger partial charge in [0, 0.05) is 32.0 Å². The first-order valence-corrected chi connectivity index (χ1v) is 13.0. The van der Waals surface area contributed by atoms with E-state index in [2.05, 4.69) is 0 Å².